The zero-order valence-electron chi connectivity index (χ0n) is 15.8. The average molecular weight is 385 g/mol. The van der Waals surface area contributed by atoms with E-state index in [1.165, 1.54) is 25.3 Å². The maximum absolute atomic E-state index is 14.1. The molecule has 6 nitrogen and oxygen atoms in total. The maximum Gasteiger partial charge on any atom is 0.256 e. The Morgan fingerprint density at radius 3 is 2.50 bits per heavy atom. The number of hydrogen-bond donors (Lipinski definition) is 3. The van der Waals surface area contributed by atoms with Gasteiger partial charge < -0.3 is 20.7 Å². The lowest BCUT2D eigenvalue weighted by Gasteiger charge is -2.34. The van der Waals surface area contributed by atoms with Gasteiger partial charge in [0.1, 0.15) is 11.4 Å². The van der Waals surface area contributed by atoms with E-state index in [4.69, 9.17) is 4.74 Å². The summed E-state index contributed by atoms with van der Waals surface area (Å²) in [5, 5.41) is 8.55. The summed E-state index contributed by atoms with van der Waals surface area (Å²) in [6.07, 6.45) is 1.24. The molecule has 1 fully saturated rings. The zero-order chi connectivity index (χ0) is 20.0. The summed E-state index contributed by atoms with van der Waals surface area (Å²) >= 11 is 0. The van der Waals surface area contributed by atoms with E-state index >= 15 is 0 Å². The molecular formula is C21H24FN3O3. The first-order valence-electron chi connectivity index (χ1n) is 9.23. The Morgan fingerprint density at radius 1 is 1.11 bits per heavy atom. The van der Waals surface area contributed by atoms with Crippen molar-refractivity contribution >= 4 is 23.2 Å². The van der Waals surface area contributed by atoms with Crippen molar-refractivity contribution in [2.45, 2.75) is 24.9 Å². The van der Waals surface area contributed by atoms with Gasteiger partial charge in [0.15, 0.2) is 0 Å². The van der Waals surface area contributed by atoms with Crippen molar-refractivity contribution in [3.63, 3.8) is 0 Å². The quantitative estimate of drug-likeness (QED) is 0.714. The van der Waals surface area contributed by atoms with Gasteiger partial charge in [-0.15, -0.1) is 0 Å². The summed E-state index contributed by atoms with van der Waals surface area (Å²) in [5.74, 6) is -1.17. The minimum atomic E-state index is -0.906. The van der Waals surface area contributed by atoms with Gasteiger partial charge in [-0.1, -0.05) is 30.3 Å². The number of carbonyl (C=O) groups excluding carboxylic acids is 2. The minimum absolute atomic E-state index is 0.0236. The first-order chi connectivity index (χ1) is 13.5. The number of hydrogen-bond acceptors (Lipinski definition) is 4. The van der Waals surface area contributed by atoms with Crippen molar-refractivity contribution in [3.8, 4) is 0 Å². The number of rotatable bonds is 6. The zero-order valence-corrected chi connectivity index (χ0v) is 15.8. The Hall–Kier alpha value is -2.77. The Bertz CT molecular complexity index is 836. The Morgan fingerprint density at radius 2 is 1.82 bits per heavy atom. The van der Waals surface area contributed by atoms with Crippen molar-refractivity contribution in [3.05, 3.63) is 59.9 Å². The highest BCUT2D eigenvalue weighted by Crippen LogP contribution is 2.26. The van der Waals surface area contributed by atoms with Crippen LogP contribution in [0.5, 0.6) is 0 Å². The molecule has 3 rings (SSSR count). The molecule has 28 heavy (non-hydrogen) atoms. The maximum atomic E-state index is 14.1. The molecule has 1 aliphatic heterocycles. The van der Waals surface area contributed by atoms with Crippen LogP contribution >= 0.6 is 0 Å². The molecule has 0 spiro atoms. The van der Waals surface area contributed by atoms with Gasteiger partial charge in [-0.2, -0.15) is 0 Å². The predicted octanol–water partition coefficient (Wildman–Crippen LogP) is 2.71. The fourth-order valence-electron chi connectivity index (χ4n) is 3.27. The number of piperidine rings is 1. The molecule has 0 unspecified atom stereocenters. The number of carbonyl (C=O) groups is 2. The van der Waals surface area contributed by atoms with E-state index in [9.17, 15) is 14.0 Å². The Balaban J connectivity index is 1.68. The van der Waals surface area contributed by atoms with Crippen molar-refractivity contribution in [1.82, 2.24) is 5.32 Å². The van der Waals surface area contributed by atoms with Gasteiger partial charge in [0, 0.05) is 12.8 Å². The van der Waals surface area contributed by atoms with Crippen LogP contribution in [0.1, 0.15) is 18.4 Å². The van der Waals surface area contributed by atoms with Crippen LogP contribution in [0.25, 0.3) is 0 Å². The summed E-state index contributed by atoms with van der Waals surface area (Å²) < 4.78 is 19.6. The summed E-state index contributed by atoms with van der Waals surface area (Å²) in [6.45, 7) is 1.37. The molecule has 7 heteroatoms. The standard InChI is InChI=1S/C21H24FN3O3/c1-28-21(9-11-23-12-10-21)20(27)24-16-7-8-17(22)18(14-16)25-19(26)13-15-5-3-2-4-6-15/h2-8,14,23H,9-13H2,1H3,(H,24,27)(H,25,26). The van der Waals surface area contributed by atoms with Crippen LogP contribution in [-0.2, 0) is 20.7 Å². The van der Waals surface area contributed by atoms with E-state index < -0.39 is 11.4 Å². The molecule has 1 aliphatic rings. The lowest BCUT2D eigenvalue weighted by Crippen LogP contribution is -2.51. The fraction of sp³-hybridized carbons (Fsp3) is 0.333. The highest BCUT2D eigenvalue weighted by Gasteiger charge is 2.39. The molecule has 3 N–H and O–H groups in total. The van der Waals surface area contributed by atoms with Crippen LogP contribution in [-0.4, -0.2) is 37.6 Å². The summed E-state index contributed by atoms with van der Waals surface area (Å²) in [5.41, 5.74) is 0.348. The van der Waals surface area contributed by atoms with Crippen molar-refractivity contribution in [2.75, 3.05) is 30.8 Å². The molecular weight excluding hydrogens is 361 g/mol. The number of amides is 2. The molecule has 148 valence electrons. The molecule has 0 atom stereocenters. The highest BCUT2D eigenvalue weighted by atomic mass is 19.1. The fourth-order valence-corrected chi connectivity index (χ4v) is 3.27. The lowest BCUT2D eigenvalue weighted by atomic mass is 9.91. The van der Waals surface area contributed by atoms with Crippen LogP contribution in [0, 0.1) is 5.82 Å². The second kappa shape index (κ2) is 8.95. The molecule has 0 radical (unpaired) electrons. The number of methoxy groups -OCH3 is 1. The van der Waals surface area contributed by atoms with Gasteiger partial charge in [0.2, 0.25) is 5.91 Å². The summed E-state index contributed by atoms with van der Waals surface area (Å²) in [6, 6.07) is 13.3. The van der Waals surface area contributed by atoms with E-state index in [-0.39, 0.29) is 23.9 Å². The number of anilines is 2. The molecule has 2 amide bonds. The van der Waals surface area contributed by atoms with Gasteiger partial charge in [-0.3, -0.25) is 9.59 Å². The molecule has 1 heterocycles. The summed E-state index contributed by atoms with van der Waals surface area (Å²) in [7, 11) is 1.52. The number of halogens is 1. The van der Waals surface area contributed by atoms with Gasteiger partial charge in [0.25, 0.3) is 5.91 Å². The van der Waals surface area contributed by atoms with Crippen LogP contribution in [0.15, 0.2) is 48.5 Å². The Kier molecular flexibility index (Phi) is 6.38. The second-order valence-electron chi connectivity index (χ2n) is 6.81. The van der Waals surface area contributed by atoms with Gasteiger partial charge in [-0.25, -0.2) is 4.39 Å². The van der Waals surface area contributed by atoms with Crippen molar-refractivity contribution in [1.29, 1.82) is 0 Å². The van der Waals surface area contributed by atoms with Crippen molar-refractivity contribution in [2.24, 2.45) is 0 Å². The Labute approximate surface area is 163 Å². The van der Waals surface area contributed by atoms with E-state index in [0.29, 0.717) is 31.6 Å². The van der Waals surface area contributed by atoms with Crippen LogP contribution in [0.3, 0.4) is 0 Å². The monoisotopic (exact) mass is 385 g/mol. The molecule has 0 saturated carbocycles. The van der Waals surface area contributed by atoms with E-state index in [0.717, 1.165) is 5.56 Å². The van der Waals surface area contributed by atoms with Crippen LogP contribution < -0.4 is 16.0 Å². The summed E-state index contributed by atoms with van der Waals surface area (Å²) in [4.78, 5) is 25.0. The number of benzene rings is 2. The lowest BCUT2D eigenvalue weighted by molar-refractivity contribution is -0.140. The molecule has 2 aromatic carbocycles. The van der Waals surface area contributed by atoms with Gasteiger partial charge >= 0.3 is 0 Å². The van der Waals surface area contributed by atoms with Crippen LogP contribution in [0.2, 0.25) is 0 Å². The van der Waals surface area contributed by atoms with Crippen LogP contribution in [0.4, 0.5) is 15.8 Å². The average Bonchev–Trinajstić information content (AvgIpc) is 2.71. The van der Waals surface area contributed by atoms with Gasteiger partial charge in [0.05, 0.1) is 12.1 Å². The van der Waals surface area contributed by atoms with E-state index in [1.807, 2.05) is 30.3 Å². The van der Waals surface area contributed by atoms with E-state index in [2.05, 4.69) is 16.0 Å². The smallest absolute Gasteiger partial charge is 0.256 e. The third-order valence-electron chi connectivity index (χ3n) is 4.92. The second-order valence-corrected chi connectivity index (χ2v) is 6.81. The topological polar surface area (TPSA) is 79.5 Å². The minimum Gasteiger partial charge on any atom is -0.368 e. The third-order valence-corrected chi connectivity index (χ3v) is 4.92. The first-order valence-corrected chi connectivity index (χ1v) is 9.23. The molecule has 0 bridgehead atoms. The number of nitrogens with one attached hydrogen (secondary N) is 3. The van der Waals surface area contributed by atoms with Crippen molar-refractivity contribution < 1.29 is 18.7 Å². The normalized spacial score (nSPS) is 15.6. The predicted molar refractivity (Wildman–Crippen MR) is 106 cm³/mol. The third kappa shape index (κ3) is 4.74. The van der Waals surface area contributed by atoms with E-state index in [1.54, 1.807) is 0 Å². The molecule has 2 aromatic rings. The highest BCUT2D eigenvalue weighted by molar-refractivity contribution is 5.98. The molecule has 1 saturated heterocycles. The SMILES string of the molecule is COC1(C(=O)Nc2ccc(F)c(NC(=O)Cc3ccccc3)c2)CCNCC1. The van der Waals surface area contributed by atoms with Gasteiger partial charge in [-0.05, 0) is 49.7 Å². The largest absolute Gasteiger partial charge is 0.368 e. The molecule has 0 aromatic heterocycles. The molecule has 0 aliphatic carbocycles. The first kappa shape index (κ1) is 20.0. The number of ether oxygens (including phenoxy) is 1.